The van der Waals surface area contributed by atoms with Gasteiger partial charge in [0.25, 0.3) is 0 Å². The molecule has 122 valence electrons. The third-order valence-corrected chi connectivity index (χ3v) is 4.74. The normalized spacial score (nSPS) is 23.2. The predicted molar refractivity (Wildman–Crippen MR) is 81.4 cm³/mol. The molecule has 1 unspecified atom stereocenters. The van der Waals surface area contributed by atoms with Crippen LogP contribution in [0.3, 0.4) is 0 Å². The number of ether oxygens (including phenoxy) is 1. The molecule has 1 aromatic rings. The van der Waals surface area contributed by atoms with Crippen molar-refractivity contribution in [2.75, 3.05) is 40.4 Å². The Balaban J connectivity index is 1.75. The molecule has 0 aromatic carbocycles. The number of rotatable bonds is 3. The van der Waals surface area contributed by atoms with Gasteiger partial charge in [-0.1, -0.05) is 6.42 Å². The Labute approximate surface area is 131 Å². The van der Waals surface area contributed by atoms with Gasteiger partial charge in [-0.15, -0.1) is 10.2 Å². The largest absolute Gasteiger partial charge is 0.375 e. The van der Waals surface area contributed by atoms with Gasteiger partial charge in [-0.25, -0.2) is 0 Å². The van der Waals surface area contributed by atoms with E-state index < -0.39 is 0 Å². The fourth-order valence-electron chi connectivity index (χ4n) is 3.46. The number of nitrogens with zero attached hydrogens (tertiary/aromatic N) is 5. The average molecular weight is 307 g/mol. The first kappa shape index (κ1) is 15.4. The summed E-state index contributed by atoms with van der Waals surface area (Å²) in [4.78, 5) is 16.3. The summed E-state index contributed by atoms with van der Waals surface area (Å²) in [5.41, 5.74) is 0. The SMILES string of the molecule is COCC(=O)N1CCc2nnc(C3CCCCN3C)n2CC1. The maximum absolute atomic E-state index is 12.0. The maximum atomic E-state index is 12.0. The van der Waals surface area contributed by atoms with Gasteiger partial charge in [0.1, 0.15) is 18.3 Å². The van der Waals surface area contributed by atoms with Crippen LogP contribution in [0.25, 0.3) is 0 Å². The van der Waals surface area contributed by atoms with E-state index in [1.54, 1.807) is 7.11 Å². The summed E-state index contributed by atoms with van der Waals surface area (Å²) in [7, 11) is 3.72. The molecule has 1 saturated heterocycles. The minimum Gasteiger partial charge on any atom is -0.375 e. The first-order valence-corrected chi connectivity index (χ1v) is 8.09. The molecule has 1 fully saturated rings. The van der Waals surface area contributed by atoms with Crippen molar-refractivity contribution in [3.8, 4) is 0 Å². The van der Waals surface area contributed by atoms with Crippen molar-refractivity contribution in [3.05, 3.63) is 11.6 Å². The third kappa shape index (κ3) is 3.01. The standard InChI is InChI=1S/C15H25N5O2/c1-18-7-4-3-5-12(18)15-17-16-13-6-8-19(9-10-20(13)15)14(21)11-22-2/h12H,3-11H2,1-2H3. The molecule has 0 radical (unpaired) electrons. The second-order valence-electron chi connectivity index (χ2n) is 6.18. The summed E-state index contributed by atoms with van der Waals surface area (Å²) >= 11 is 0. The summed E-state index contributed by atoms with van der Waals surface area (Å²) in [6.45, 7) is 3.44. The van der Waals surface area contributed by atoms with Crippen LogP contribution in [0.1, 0.15) is 37.0 Å². The zero-order valence-electron chi connectivity index (χ0n) is 13.5. The van der Waals surface area contributed by atoms with Crippen LogP contribution in [0.5, 0.6) is 0 Å². The van der Waals surface area contributed by atoms with Gasteiger partial charge in [0, 0.05) is 33.2 Å². The van der Waals surface area contributed by atoms with Crippen molar-refractivity contribution in [3.63, 3.8) is 0 Å². The van der Waals surface area contributed by atoms with Crippen LogP contribution in [0.2, 0.25) is 0 Å². The van der Waals surface area contributed by atoms with Gasteiger partial charge < -0.3 is 14.2 Å². The predicted octanol–water partition coefficient (Wildman–Crippen LogP) is 0.466. The number of likely N-dealkylation sites (tertiary alicyclic amines) is 1. The first-order chi connectivity index (χ1) is 10.7. The Hall–Kier alpha value is -1.47. The molecule has 1 atom stereocenters. The van der Waals surface area contributed by atoms with E-state index in [2.05, 4.69) is 26.7 Å². The summed E-state index contributed by atoms with van der Waals surface area (Å²) < 4.78 is 7.19. The Kier molecular flexibility index (Phi) is 4.73. The van der Waals surface area contributed by atoms with Gasteiger partial charge >= 0.3 is 0 Å². The number of hydrogen-bond donors (Lipinski definition) is 0. The van der Waals surface area contributed by atoms with Crippen molar-refractivity contribution in [1.29, 1.82) is 0 Å². The van der Waals surface area contributed by atoms with E-state index in [4.69, 9.17) is 4.74 Å². The summed E-state index contributed by atoms with van der Waals surface area (Å²) in [5, 5.41) is 8.85. The van der Waals surface area contributed by atoms with Gasteiger partial charge in [0.2, 0.25) is 5.91 Å². The number of carbonyl (C=O) groups is 1. The highest BCUT2D eigenvalue weighted by molar-refractivity contribution is 5.77. The van der Waals surface area contributed by atoms with Crippen LogP contribution in [0.4, 0.5) is 0 Å². The molecule has 0 aliphatic carbocycles. The lowest BCUT2D eigenvalue weighted by Gasteiger charge is -2.31. The van der Waals surface area contributed by atoms with Gasteiger partial charge in [-0.2, -0.15) is 0 Å². The Morgan fingerprint density at radius 3 is 2.86 bits per heavy atom. The van der Waals surface area contributed by atoms with Gasteiger partial charge in [0.05, 0.1) is 6.04 Å². The minimum absolute atomic E-state index is 0.0533. The molecular formula is C15H25N5O2. The number of carbonyl (C=O) groups excluding carboxylic acids is 1. The van der Waals surface area contributed by atoms with Crippen molar-refractivity contribution >= 4 is 5.91 Å². The molecule has 0 saturated carbocycles. The van der Waals surface area contributed by atoms with Gasteiger partial charge in [-0.05, 0) is 26.4 Å². The number of amides is 1. The molecule has 3 rings (SSSR count). The summed E-state index contributed by atoms with van der Waals surface area (Å²) in [6, 6.07) is 0.358. The Bertz CT molecular complexity index is 530. The first-order valence-electron chi connectivity index (χ1n) is 8.09. The molecule has 7 nitrogen and oxygen atoms in total. The van der Waals surface area contributed by atoms with E-state index in [0.29, 0.717) is 19.1 Å². The zero-order chi connectivity index (χ0) is 15.5. The van der Waals surface area contributed by atoms with Crippen LogP contribution in [0.15, 0.2) is 0 Å². The van der Waals surface area contributed by atoms with Crippen LogP contribution < -0.4 is 0 Å². The number of hydrogen-bond acceptors (Lipinski definition) is 5. The average Bonchev–Trinajstić information content (AvgIpc) is 2.79. The van der Waals surface area contributed by atoms with Crippen LogP contribution in [-0.2, 0) is 22.5 Å². The number of methoxy groups -OCH3 is 1. The number of aromatic nitrogens is 3. The summed E-state index contributed by atoms with van der Waals surface area (Å²) in [6.07, 6.45) is 4.41. The van der Waals surface area contributed by atoms with E-state index in [1.807, 2.05) is 4.90 Å². The number of piperidine rings is 1. The van der Waals surface area contributed by atoms with Crippen molar-refractivity contribution in [2.45, 2.75) is 38.3 Å². The molecule has 0 bridgehead atoms. The molecule has 3 heterocycles. The van der Waals surface area contributed by atoms with Gasteiger partial charge in [-0.3, -0.25) is 9.69 Å². The van der Waals surface area contributed by atoms with E-state index in [1.165, 1.54) is 12.8 Å². The second-order valence-corrected chi connectivity index (χ2v) is 6.18. The topological polar surface area (TPSA) is 63.5 Å². The van der Waals surface area contributed by atoms with E-state index in [0.717, 1.165) is 37.6 Å². The van der Waals surface area contributed by atoms with Crippen LogP contribution >= 0.6 is 0 Å². The molecule has 7 heteroatoms. The highest BCUT2D eigenvalue weighted by Crippen LogP contribution is 2.29. The molecule has 2 aliphatic heterocycles. The van der Waals surface area contributed by atoms with Crippen molar-refractivity contribution < 1.29 is 9.53 Å². The highest BCUT2D eigenvalue weighted by Gasteiger charge is 2.28. The Morgan fingerprint density at radius 1 is 1.23 bits per heavy atom. The van der Waals surface area contributed by atoms with E-state index in [9.17, 15) is 4.79 Å². The fraction of sp³-hybridized carbons (Fsp3) is 0.800. The molecule has 0 N–H and O–H groups in total. The smallest absolute Gasteiger partial charge is 0.248 e. The molecule has 22 heavy (non-hydrogen) atoms. The van der Waals surface area contributed by atoms with Crippen molar-refractivity contribution in [1.82, 2.24) is 24.6 Å². The molecular weight excluding hydrogens is 282 g/mol. The highest BCUT2D eigenvalue weighted by atomic mass is 16.5. The molecule has 0 spiro atoms. The third-order valence-electron chi connectivity index (χ3n) is 4.74. The molecule has 1 amide bonds. The lowest BCUT2D eigenvalue weighted by atomic mass is 10.0. The minimum atomic E-state index is 0.0533. The molecule has 1 aromatic heterocycles. The summed E-state index contributed by atoms with van der Waals surface area (Å²) in [5.74, 6) is 2.12. The van der Waals surface area contributed by atoms with Crippen LogP contribution in [0, 0.1) is 0 Å². The van der Waals surface area contributed by atoms with Crippen LogP contribution in [-0.4, -0.2) is 70.9 Å². The van der Waals surface area contributed by atoms with Gasteiger partial charge in [0.15, 0.2) is 0 Å². The van der Waals surface area contributed by atoms with E-state index in [-0.39, 0.29) is 12.5 Å². The monoisotopic (exact) mass is 307 g/mol. The number of fused-ring (bicyclic) bond motifs is 1. The lowest BCUT2D eigenvalue weighted by Crippen LogP contribution is -2.36. The quantitative estimate of drug-likeness (QED) is 0.812. The lowest BCUT2D eigenvalue weighted by molar-refractivity contribution is -0.135. The maximum Gasteiger partial charge on any atom is 0.248 e. The fourth-order valence-corrected chi connectivity index (χ4v) is 3.46. The molecule has 2 aliphatic rings. The van der Waals surface area contributed by atoms with Crippen molar-refractivity contribution in [2.24, 2.45) is 0 Å². The second kappa shape index (κ2) is 6.75. The van der Waals surface area contributed by atoms with E-state index >= 15 is 0 Å². The Morgan fingerprint density at radius 2 is 2.09 bits per heavy atom. The zero-order valence-corrected chi connectivity index (χ0v) is 13.5.